The van der Waals surface area contributed by atoms with Crippen molar-refractivity contribution in [2.75, 3.05) is 5.73 Å². The Morgan fingerprint density at radius 3 is 2.30 bits per heavy atom. The largest absolute Gasteiger partial charge is 0.398 e. The van der Waals surface area contributed by atoms with Crippen LogP contribution in [0.5, 0.6) is 0 Å². The van der Waals surface area contributed by atoms with Crippen LogP contribution in [0.25, 0.3) is 10.8 Å². The Balaban J connectivity index is 1.93. The quantitative estimate of drug-likeness (QED) is 0.704. The first kappa shape index (κ1) is 12.6. The van der Waals surface area contributed by atoms with E-state index in [2.05, 4.69) is 36.4 Å². The number of anilines is 1. The van der Waals surface area contributed by atoms with Gasteiger partial charge in [0, 0.05) is 9.79 Å². The number of nitrogen functional groups attached to an aromatic ring is 1. The zero-order valence-corrected chi connectivity index (χ0v) is 11.5. The molecule has 3 heteroatoms. The van der Waals surface area contributed by atoms with Gasteiger partial charge in [0.1, 0.15) is 6.07 Å². The predicted molar refractivity (Wildman–Crippen MR) is 83.6 cm³/mol. The predicted octanol–water partition coefficient (Wildman–Crippen LogP) is 4.44. The van der Waals surface area contributed by atoms with Crippen LogP contribution in [0.3, 0.4) is 0 Å². The second-order valence-electron chi connectivity index (χ2n) is 4.47. The average molecular weight is 276 g/mol. The fourth-order valence-electron chi connectivity index (χ4n) is 2.07. The van der Waals surface area contributed by atoms with Crippen LogP contribution < -0.4 is 5.73 Å². The van der Waals surface area contributed by atoms with Gasteiger partial charge in [-0.3, -0.25) is 0 Å². The van der Waals surface area contributed by atoms with Gasteiger partial charge in [-0.15, -0.1) is 0 Å². The van der Waals surface area contributed by atoms with E-state index in [1.165, 1.54) is 10.8 Å². The van der Waals surface area contributed by atoms with Crippen molar-refractivity contribution in [3.63, 3.8) is 0 Å². The molecule has 0 atom stereocenters. The van der Waals surface area contributed by atoms with E-state index < -0.39 is 0 Å². The van der Waals surface area contributed by atoms with E-state index >= 15 is 0 Å². The summed E-state index contributed by atoms with van der Waals surface area (Å²) in [5, 5.41) is 11.3. The lowest BCUT2D eigenvalue weighted by Crippen LogP contribution is -1.89. The zero-order chi connectivity index (χ0) is 13.9. The number of hydrogen-bond donors (Lipinski definition) is 1. The van der Waals surface area contributed by atoms with E-state index in [-0.39, 0.29) is 0 Å². The first-order valence-corrected chi connectivity index (χ1v) is 7.04. The summed E-state index contributed by atoms with van der Waals surface area (Å²) >= 11 is 1.65. The van der Waals surface area contributed by atoms with E-state index in [0.717, 1.165) is 9.79 Å². The number of nitrogens with zero attached hydrogens (tertiary/aromatic N) is 1. The normalized spacial score (nSPS) is 10.3. The number of rotatable bonds is 2. The molecule has 3 aromatic rings. The Morgan fingerprint density at radius 2 is 1.55 bits per heavy atom. The van der Waals surface area contributed by atoms with Crippen molar-refractivity contribution < 1.29 is 0 Å². The molecule has 2 N–H and O–H groups in total. The number of hydrogen-bond acceptors (Lipinski definition) is 3. The topological polar surface area (TPSA) is 49.8 Å². The Bertz CT molecular complexity index is 819. The second-order valence-corrected chi connectivity index (χ2v) is 5.62. The molecule has 0 bridgehead atoms. The molecule has 3 rings (SSSR count). The van der Waals surface area contributed by atoms with E-state index in [4.69, 9.17) is 11.0 Å². The Kier molecular flexibility index (Phi) is 3.32. The van der Waals surface area contributed by atoms with Crippen LogP contribution in [0.1, 0.15) is 5.56 Å². The molecule has 0 amide bonds. The highest BCUT2D eigenvalue weighted by Gasteiger charge is 2.03. The molecule has 0 aliphatic rings. The minimum Gasteiger partial charge on any atom is -0.398 e. The number of nitriles is 1. The molecule has 0 spiro atoms. The molecule has 0 heterocycles. The van der Waals surface area contributed by atoms with Crippen LogP contribution in [-0.4, -0.2) is 0 Å². The average Bonchev–Trinajstić information content (AvgIpc) is 2.47. The third-order valence-corrected chi connectivity index (χ3v) is 4.08. The summed E-state index contributed by atoms with van der Waals surface area (Å²) < 4.78 is 0. The van der Waals surface area contributed by atoms with Crippen LogP contribution in [0.4, 0.5) is 5.69 Å². The summed E-state index contributed by atoms with van der Waals surface area (Å²) in [6, 6.07) is 22.3. The van der Waals surface area contributed by atoms with Gasteiger partial charge in [0.15, 0.2) is 0 Å². The summed E-state index contributed by atoms with van der Waals surface area (Å²) in [6.45, 7) is 0. The molecular weight excluding hydrogens is 264 g/mol. The van der Waals surface area contributed by atoms with E-state index in [0.29, 0.717) is 11.3 Å². The van der Waals surface area contributed by atoms with Gasteiger partial charge in [0.2, 0.25) is 0 Å². The lowest BCUT2D eigenvalue weighted by Gasteiger charge is -2.05. The third-order valence-electron chi connectivity index (χ3n) is 3.10. The van der Waals surface area contributed by atoms with Crippen molar-refractivity contribution in [1.82, 2.24) is 0 Å². The first-order valence-electron chi connectivity index (χ1n) is 6.22. The molecule has 3 aromatic carbocycles. The lowest BCUT2D eigenvalue weighted by molar-refractivity contribution is 1.40. The highest BCUT2D eigenvalue weighted by Crippen LogP contribution is 2.31. The Morgan fingerprint density at radius 1 is 0.850 bits per heavy atom. The summed E-state index contributed by atoms with van der Waals surface area (Å²) in [7, 11) is 0. The van der Waals surface area contributed by atoms with Crippen molar-refractivity contribution in [3.05, 3.63) is 66.2 Å². The van der Waals surface area contributed by atoms with Crippen molar-refractivity contribution in [2.45, 2.75) is 9.79 Å². The lowest BCUT2D eigenvalue weighted by atomic mass is 10.1. The van der Waals surface area contributed by atoms with Crippen molar-refractivity contribution in [1.29, 1.82) is 5.26 Å². The van der Waals surface area contributed by atoms with E-state index in [1.807, 2.05) is 24.3 Å². The van der Waals surface area contributed by atoms with Crippen molar-refractivity contribution in [3.8, 4) is 6.07 Å². The molecule has 0 aromatic heterocycles. The molecule has 0 aliphatic heterocycles. The van der Waals surface area contributed by atoms with E-state index in [1.54, 1.807) is 17.8 Å². The van der Waals surface area contributed by atoms with Gasteiger partial charge in [-0.25, -0.2) is 0 Å². The molecule has 0 saturated carbocycles. The molecule has 20 heavy (non-hydrogen) atoms. The van der Waals surface area contributed by atoms with Gasteiger partial charge in [-0.2, -0.15) is 5.26 Å². The molecular formula is C17H12N2S. The Hall–Kier alpha value is -2.44. The van der Waals surface area contributed by atoms with Crippen LogP contribution in [0, 0.1) is 11.3 Å². The van der Waals surface area contributed by atoms with Gasteiger partial charge in [-0.1, -0.05) is 42.1 Å². The van der Waals surface area contributed by atoms with Gasteiger partial charge in [-0.05, 0) is 41.1 Å². The molecule has 0 saturated heterocycles. The van der Waals surface area contributed by atoms with Crippen LogP contribution >= 0.6 is 11.8 Å². The fourth-order valence-corrected chi connectivity index (χ4v) is 2.99. The molecule has 2 nitrogen and oxygen atoms in total. The van der Waals surface area contributed by atoms with E-state index in [9.17, 15) is 0 Å². The standard InChI is InChI=1S/C17H12N2S/c18-11-14-6-8-16(10-17(14)19)20-15-7-5-12-3-1-2-4-13(12)9-15/h1-10H,19H2. The summed E-state index contributed by atoms with van der Waals surface area (Å²) in [5.74, 6) is 0. The molecule has 96 valence electrons. The second kappa shape index (κ2) is 5.28. The minimum atomic E-state index is 0.521. The fraction of sp³-hybridized carbons (Fsp3) is 0. The van der Waals surface area contributed by atoms with Gasteiger partial charge in [0.05, 0.1) is 11.3 Å². The van der Waals surface area contributed by atoms with Gasteiger partial charge < -0.3 is 5.73 Å². The first-order chi connectivity index (χ1) is 9.76. The molecule has 0 fully saturated rings. The van der Waals surface area contributed by atoms with Crippen LogP contribution in [0.2, 0.25) is 0 Å². The maximum absolute atomic E-state index is 8.88. The van der Waals surface area contributed by atoms with Crippen LogP contribution in [0.15, 0.2) is 70.5 Å². The summed E-state index contributed by atoms with van der Waals surface area (Å²) in [6.07, 6.45) is 0. The monoisotopic (exact) mass is 276 g/mol. The SMILES string of the molecule is N#Cc1ccc(Sc2ccc3ccccc3c2)cc1N. The summed E-state index contributed by atoms with van der Waals surface area (Å²) in [5.41, 5.74) is 6.89. The van der Waals surface area contributed by atoms with Crippen molar-refractivity contribution >= 4 is 28.2 Å². The molecule has 0 radical (unpaired) electrons. The summed E-state index contributed by atoms with van der Waals surface area (Å²) in [4.78, 5) is 2.20. The van der Waals surface area contributed by atoms with Gasteiger partial charge >= 0.3 is 0 Å². The smallest absolute Gasteiger partial charge is 0.101 e. The van der Waals surface area contributed by atoms with Crippen LogP contribution in [-0.2, 0) is 0 Å². The van der Waals surface area contributed by atoms with Crippen molar-refractivity contribution in [2.24, 2.45) is 0 Å². The molecule has 0 unspecified atom stereocenters. The number of benzene rings is 3. The number of nitrogens with two attached hydrogens (primary N) is 1. The highest BCUT2D eigenvalue weighted by atomic mass is 32.2. The molecule has 0 aliphatic carbocycles. The van der Waals surface area contributed by atoms with Gasteiger partial charge in [0.25, 0.3) is 0 Å². The Labute approximate surface area is 121 Å². The number of fused-ring (bicyclic) bond motifs is 1. The maximum atomic E-state index is 8.88. The zero-order valence-electron chi connectivity index (χ0n) is 10.7. The third kappa shape index (κ3) is 2.47. The maximum Gasteiger partial charge on any atom is 0.101 e. The highest BCUT2D eigenvalue weighted by molar-refractivity contribution is 7.99. The minimum absolute atomic E-state index is 0.521.